The number of rotatable bonds is 5. The molecule has 2 aromatic heterocycles. The van der Waals surface area contributed by atoms with Crippen molar-refractivity contribution in [1.29, 1.82) is 0 Å². The Kier molecular flexibility index (Phi) is 4.49. The summed E-state index contributed by atoms with van der Waals surface area (Å²) in [6, 6.07) is 17.6. The number of nitrogens with one attached hydrogen (secondary N) is 2. The standard InChI is InChI=1S/C20H18N6O/c1-14(27)24-16-7-9-17(10-8-16)25-19-18-11-23-26(20(18)22-13-21-19)12-15-5-3-2-4-6-15/h2-11,13H,12H2,1H3,(H,24,27)(H,21,22,25). The quantitative estimate of drug-likeness (QED) is 0.570. The van der Waals surface area contributed by atoms with Crippen molar-refractivity contribution in [3.05, 3.63) is 72.7 Å². The fourth-order valence-electron chi connectivity index (χ4n) is 2.84. The number of hydrogen-bond acceptors (Lipinski definition) is 5. The predicted molar refractivity (Wildman–Crippen MR) is 105 cm³/mol. The lowest BCUT2D eigenvalue weighted by Gasteiger charge is -2.08. The molecule has 7 nitrogen and oxygen atoms in total. The third-order valence-corrected chi connectivity index (χ3v) is 4.08. The van der Waals surface area contributed by atoms with E-state index in [4.69, 9.17) is 0 Å². The first kappa shape index (κ1) is 16.7. The zero-order valence-electron chi connectivity index (χ0n) is 14.8. The van der Waals surface area contributed by atoms with Gasteiger partial charge in [-0.1, -0.05) is 30.3 Å². The number of fused-ring (bicyclic) bond motifs is 1. The van der Waals surface area contributed by atoms with Gasteiger partial charge in [0.15, 0.2) is 5.65 Å². The van der Waals surface area contributed by atoms with Crippen molar-refractivity contribution in [2.24, 2.45) is 0 Å². The van der Waals surface area contributed by atoms with Crippen LogP contribution >= 0.6 is 0 Å². The highest BCUT2D eigenvalue weighted by molar-refractivity contribution is 5.90. The van der Waals surface area contributed by atoms with Gasteiger partial charge in [0, 0.05) is 18.3 Å². The summed E-state index contributed by atoms with van der Waals surface area (Å²) in [5, 5.41) is 11.3. The van der Waals surface area contributed by atoms with Gasteiger partial charge in [-0.2, -0.15) is 5.10 Å². The van der Waals surface area contributed by atoms with Gasteiger partial charge < -0.3 is 10.6 Å². The molecule has 0 saturated heterocycles. The molecule has 0 unspecified atom stereocenters. The van der Waals surface area contributed by atoms with Crippen molar-refractivity contribution in [3.8, 4) is 0 Å². The summed E-state index contributed by atoms with van der Waals surface area (Å²) < 4.78 is 1.86. The number of hydrogen-bond donors (Lipinski definition) is 2. The number of carbonyl (C=O) groups excluding carboxylic acids is 1. The van der Waals surface area contributed by atoms with Crippen LogP contribution in [0.2, 0.25) is 0 Å². The first-order chi connectivity index (χ1) is 13.2. The van der Waals surface area contributed by atoms with Crippen LogP contribution in [-0.2, 0) is 11.3 Å². The largest absolute Gasteiger partial charge is 0.340 e. The van der Waals surface area contributed by atoms with Crippen molar-refractivity contribution < 1.29 is 4.79 Å². The Hall–Kier alpha value is -3.74. The third-order valence-electron chi connectivity index (χ3n) is 4.08. The van der Waals surface area contributed by atoms with Crippen LogP contribution in [0.1, 0.15) is 12.5 Å². The van der Waals surface area contributed by atoms with Crippen molar-refractivity contribution in [2.45, 2.75) is 13.5 Å². The number of benzene rings is 2. The zero-order valence-corrected chi connectivity index (χ0v) is 14.8. The molecule has 2 heterocycles. The van der Waals surface area contributed by atoms with E-state index in [1.54, 1.807) is 6.20 Å². The SMILES string of the molecule is CC(=O)Nc1ccc(Nc2ncnc3c2cnn3Cc2ccccc2)cc1. The molecule has 4 rings (SSSR count). The normalized spacial score (nSPS) is 10.7. The molecular weight excluding hydrogens is 340 g/mol. The Balaban J connectivity index is 1.58. The van der Waals surface area contributed by atoms with E-state index in [1.807, 2.05) is 47.1 Å². The Morgan fingerprint density at radius 1 is 1.00 bits per heavy atom. The summed E-state index contributed by atoms with van der Waals surface area (Å²) in [4.78, 5) is 19.9. The maximum absolute atomic E-state index is 11.1. The molecule has 0 fully saturated rings. The van der Waals surface area contributed by atoms with Crippen LogP contribution in [0.5, 0.6) is 0 Å². The molecule has 134 valence electrons. The molecule has 0 saturated carbocycles. The molecule has 7 heteroatoms. The molecule has 0 aliphatic carbocycles. The maximum atomic E-state index is 11.1. The maximum Gasteiger partial charge on any atom is 0.221 e. The molecule has 0 radical (unpaired) electrons. The van der Waals surface area contributed by atoms with Crippen LogP contribution in [-0.4, -0.2) is 25.7 Å². The number of aromatic nitrogens is 4. The van der Waals surface area contributed by atoms with Gasteiger partial charge in [0.1, 0.15) is 12.1 Å². The van der Waals surface area contributed by atoms with Crippen LogP contribution in [0, 0.1) is 0 Å². The van der Waals surface area contributed by atoms with E-state index in [1.165, 1.54) is 13.3 Å². The van der Waals surface area contributed by atoms with Gasteiger partial charge in [0.05, 0.1) is 18.1 Å². The summed E-state index contributed by atoms with van der Waals surface area (Å²) in [6.07, 6.45) is 3.30. The van der Waals surface area contributed by atoms with Gasteiger partial charge in [-0.3, -0.25) is 4.79 Å². The highest BCUT2D eigenvalue weighted by Gasteiger charge is 2.10. The van der Waals surface area contributed by atoms with Gasteiger partial charge in [-0.05, 0) is 29.8 Å². The van der Waals surface area contributed by atoms with Crippen LogP contribution in [0.4, 0.5) is 17.2 Å². The van der Waals surface area contributed by atoms with E-state index in [2.05, 4.69) is 37.8 Å². The number of amides is 1. The van der Waals surface area contributed by atoms with Crippen molar-refractivity contribution in [2.75, 3.05) is 10.6 Å². The second kappa shape index (κ2) is 7.25. The van der Waals surface area contributed by atoms with Gasteiger partial charge in [-0.25, -0.2) is 14.6 Å². The number of nitrogens with zero attached hydrogens (tertiary/aromatic N) is 4. The molecule has 27 heavy (non-hydrogen) atoms. The average Bonchev–Trinajstić information content (AvgIpc) is 3.08. The first-order valence-electron chi connectivity index (χ1n) is 8.54. The highest BCUT2D eigenvalue weighted by atomic mass is 16.1. The van der Waals surface area contributed by atoms with Crippen molar-refractivity contribution >= 4 is 34.1 Å². The third kappa shape index (κ3) is 3.77. The van der Waals surface area contributed by atoms with Crippen LogP contribution < -0.4 is 10.6 Å². The Labute approximate surface area is 156 Å². The Morgan fingerprint density at radius 3 is 2.48 bits per heavy atom. The topological polar surface area (TPSA) is 84.7 Å². The Morgan fingerprint density at radius 2 is 1.74 bits per heavy atom. The molecule has 0 spiro atoms. The van der Waals surface area contributed by atoms with E-state index in [-0.39, 0.29) is 5.91 Å². The molecule has 2 N–H and O–H groups in total. The van der Waals surface area contributed by atoms with Crippen LogP contribution in [0.15, 0.2) is 67.1 Å². The second-order valence-corrected chi connectivity index (χ2v) is 6.13. The lowest BCUT2D eigenvalue weighted by molar-refractivity contribution is -0.114. The van der Waals surface area contributed by atoms with E-state index in [9.17, 15) is 4.79 Å². The minimum Gasteiger partial charge on any atom is -0.340 e. The Bertz CT molecular complexity index is 1070. The molecule has 0 aliphatic rings. The fraction of sp³-hybridized carbons (Fsp3) is 0.100. The first-order valence-corrected chi connectivity index (χ1v) is 8.54. The van der Waals surface area contributed by atoms with Crippen LogP contribution in [0.3, 0.4) is 0 Å². The van der Waals surface area contributed by atoms with Crippen molar-refractivity contribution in [1.82, 2.24) is 19.7 Å². The highest BCUT2D eigenvalue weighted by Crippen LogP contribution is 2.24. The van der Waals surface area contributed by atoms with E-state index >= 15 is 0 Å². The molecule has 0 aliphatic heterocycles. The van der Waals surface area contributed by atoms with Crippen LogP contribution in [0.25, 0.3) is 11.0 Å². The monoisotopic (exact) mass is 358 g/mol. The van der Waals surface area contributed by atoms with Gasteiger partial charge >= 0.3 is 0 Å². The summed E-state index contributed by atoms with van der Waals surface area (Å²) >= 11 is 0. The van der Waals surface area contributed by atoms with E-state index in [0.29, 0.717) is 12.4 Å². The van der Waals surface area contributed by atoms with E-state index < -0.39 is 0 Å². The average molecular weight is 358 g/mol. The van der Waals surface area contributed by atoms with Gasteiger partial charge in [-0.15, -0.1) is 0 Å². The minimum atomic E-state index is -0.0981. The summed E-state index contributed by atoms with van der Waals surface area (Å²) in [7, 11) is 0. The molecule has 0 bridgehead atoms. The van der Waals surface area contributed by atoms with Crippen molar-refractivity contribution in [3.63, 3.8) is 0 Å². The second-order valence-electron chi connectivity index (χ2n) is 6.13. The fourth-order valence-corrected chi connectivity index (χ4v) is 2.84. The molecular formula is C20H18N6O. The summed E-state index contributed by atoms with van der Waals surface area (Å²) in [6.45, 7) is 2.13. The number of carbonyl (C=O) groups is 1. The predicted octanol–water partition coefficient (Wildman–Crippen LogP) is 3.58. The van der Waals surface area contributed by atoms with Gasteiger partial charge in [0.25, 0.3) is 0 Å². The zero-order chi connectivity index (χ0) is 18.6. The van der Waals surface area contributed by atoms with E-state index in [0.717, 1.165) is 28.0 Å². The minimum absolute atomic E-state index is 0.0981. The summed E-state index contributed by atoms with van der Waals surface area (Å²) in [5.74, 6) is 0.589. The number of anilines is 3. The summed E-state index contributed by atoms with van der Waals surface area (Å²) in [5.41, 5.74) is 3.53. The lowest BCUT2D eigenvalue weighted by atomic mass is 10.2. The lowest BCUT2D eigenvalue weighted by Crippen LogP contribution is -2.05. The molecule has 1 amide bonds. The molecule has 0 atom stereocenters. The molecule has 2 aromatic carbocycles. The van der Waals surface area contributed by atoms with Gasteiger partial charge in [0.2, 0.25) is 5.91 Å². The smallest absolute Gasteiger partial charge is 0.221 e. The molecule has 4 aromatic rings.